The van der Waals surface area contributed by atoms with E-state index in [1.807, 2.05) is 27.6 Å². The van der Waals surface area contributed by atoms with E-state index < -0.39 is 5.54 Å². The normalized spacial score (nSPS) is 16.4. The van der Waals surface area contributed by atoms with Gasteiger partial charge < -0.3 is 4.57 Å². The Morgan fingerprint density at radius 1 is 0.796 bits per heavy atom. The van der Waals surface area contributed by atoms with Crippen LogP contribution in [0.25, 0.3) is 0 Å². The predicted octanol–water partition coefficient (Wildman–Crippen LogP) is 9.01. The largest absolute Gasteiger partial charge is 0.320 e. The van der Waals surface area contributed by atoms with E-state index in [2.05, 4.69) is 109 Å². The molecule has 0 bridgehead atoms. The molecule has 4 aromatic carbocycles. The molecule has 248 valence electrons. The van der Waals surface area contributed by atoms with Crippen molar-refractivity contribution in [2.75, 3.05) is 0 Å². The maximum Gasteiger partial charge on any atom is 0.178 e. The molecule has 0 unspecified atom stereocenters. The maximum atomic E-state index is 11.9. The van der Waals surface area contributed by atoms with Gasteiger partial charge in [0, 0.05) is 18.9 Å². The van der Waals surface area contributed by atoms with Crippen LogP contribution in [0.2, 0.25) is 5.15 Å². The average molecular weight is 669 g/mol. The number of aldehydes is 1. The Labute approximate surface area is 293 Å². The summed E-state index contributed by atoms with van der Waals surface area (Å²) >= 11 is 6.35. The van der Waals surface area contributed by atoms with Crippen molar-refractivity contribution in [1.29, 1.82) is 0 Å². The first-order valence-electron chi connectivity index (χ1n) is 17.4. The number of aryl methyl sites for hydroxylation is 1. The third kappa shape index (κ3) is 6.35. The first-order valence-corrected chi connectivity index (χ1v) is 17.8. The van der Waals surface area contributed by atoms with E-state index in [1.54, 1.807) is 0 Å². The molecular formula is C41H41ClN6O. The second kappa shape index (κ2) is 14.7. The summed E-state index contributed by atoms with van der Waals surface area (Å²) in [4.78, 5) is 18.2. The van der Waals surface area contributed by atoms with Gasteiger partial charge in [-0.3, -0.25) is 4.79 Å². The van der Waals surface area contributed by atoms with Gasteiger partial charge in [-0.25, -0.2) is 4.98 Å². The van der Waals surface area contributed by atoms with Gasteiger partial charge >= 0.3 is 0 Å². The monoisotopic (exact) mass is 668 g/mol. The molecular weight excluding hydrogens is 628 g/mol. The lowest BCUT2D eigenvalue weighted by Gasteiger charge is -2.34. The summed E-state index contributed by atoms with van der Waals surface area (Å²) in [6.07, 6.45) is 8.01. The lowest BCUT2D eigenvalue weighted by molar-refractivity contribution is 0.111. The molecule has 2 heterocycles. The van der Waals surface area contributed by atoms with Gasteiger partial charge in [-0.15, -0.1) is 15.0 Å². The molecule has 1 aliphatic carbocycles. The number of carbonyl (C=O) groups excluding carboxylic acids is 1. The van der Waals surface area contributed by atoms with Crippen LogP contribution in [0.15, 0.2) is 115 Å². The molecule has 7 nitrogen and oxygen atoms in total. The third-order valence-electron chi connectivity index (χ3n) is 10.1. The van der Waals surface area contributed by atoms with Crippen LogP contribution in [0.5, 0.6) is 0 Å². The van der Waals surface area contributed by atoms with Crippen LogP contribution < -0.4 is 0 Å². The van der Waals surface area contributed by atoms with Crippen LogP contribution in [0.4, 0.5) is 0 Å². The Bertz CT molecular complexity index is 1880. The highest BCUT2D eigenvalue weighted by atomic mass is 35.5. The molecule has 0 N–H and O–H groups in total. The van der Waals surface area contributed by atoms with Crippen molar-refractivity contribution >= 4 is 17.9 Å². The zero-order valence-electron chi connectivity index (χ0n) is 27.8. The van der Waals surface area contributed by atoms with Crippen molar-refractivity contribution in [1.82, 2.24) is 29.8 Å². The van der Waals surface area contributed by atoms with Crippen molar-refractivity contribution in [3.63, 3.8) is 0 Å². The molecule has 6 aromatic rings. The summed E-state index contributed by atoms with van der Waals surface area (Å²) in [7, 11) is 0. The van der Waals surface area contributed by atoms with Gasteiger partial charge in [-0.1, -0.05) is 153 Å². The first-order chi connectivity index (χ1) is 24.1. The van der Waals surface area contributed by atoms with Gasteiger partial charge in [-0.2, -0.15) is 0 Å². The average Bonchev–Trinajstić information content (AvgIpc) is 3.77. The summed E-state index contributed by atoms with van der Waals surface area (Å²) in [5, 5.41) is 15.2. The van der Waals surface area contributed by atoms with E-state index in [0.29, 0.717) is 12.2 Å². The molecule has 1 saturated carbocycles. The Morgan fingerprint density at radius 3 is 1.92 bits per heavy atom. The Hall–Kier alpha value is -4.88. The molecule has 0 saturated heterocycles. The van der Waals surface area contributed by atoms with Crippen molar-refractivity contribution in [3.05, 3.63) is 166 Å². The lowest BCUT2D eigenvalue weighted by atomic mass is 9.75. The van der Waals surface area contributed by atoms with Crippen LogP contribution in [-0.4, -0.2) is 36.0 Å². The van der Waals surface area contributed by atoms with Crippen molar-refractivity contribution < 1.29 is 4.79 Å². The van der Waals surface area contributed by atoms with Crippen LogP contribution >= 0.6 is 11.6 Å². The maximum absolute atomic E-state index is 11.9. The summed E-state index contributed by atoms with van der Waals surface area (Å²) < 4.78 is 1.96. The van der Waals surface area contributed by atoms with Gasteiger partial charge in [0.25, 0.3) is 0 Å². The minimum absolute atomic E-state index is 0.142. The third-order valence-corrected chi connectivity index (χ3v) is 10.3. The van der Waals surface area contributed by atoms with Crippen LogP contribution in [0.3, 0.4) is 0 Å². The fourth-order valence-electron chi connectivity index (χ4n) is 7.59. The molecule has 1 fully saturated rings. The number of tetrazole rings is 1. The number of nitrogens with zero attached hydrogens (tertiary/aromatic N) is 6. The molecule has 0 spiro atoms. The highest BCUT2D eigenvalue weighted by molar-refractivity contribution is 6.31. The van der Waals surface area contributed by atoms with E-state index in [-0.39, 0.29) is 17.0 Å². The van der Waals surface area contributed by atoms with E-state index in [1.165, 1.54) is 5.56 Å². The number of unbranched alkanes of at least 4 members (excludes halogenated alkanes) is 1. The Morgan fingerprint density at radius 2 is 1.37 bits per heavy atom. The second-order valence-corrected chi connectivity index (χ2v) is 13.4. The summed E-state index contributed by atoms with van der Waals surface area (Å²) in [5.41, 5.74) is 5.23. The van der Waals surface area contributed by atoms with Gasteiger partial charge in [0.05, 0.1) is 0 Å². The van der Waals surface area contributed by atoms with Gasteiger partial charge in [0.15, 0.2) is 22.8 Å². The molecule has 0 amide bonds. The first kappa shape index (κ1) is 32.7. The summed E-state index contributed by atoms with van der Waals surface area (Å²) in [6.45, 7) is 2.70. The van der Waals surface area contributed by atoms with E-state index in [4.69, 9.17) is 27.0 Å². The zero-order chi connectivity index (χ0) is 33.6. The van der Waals surface area contributed by atoms with Crippen molar-refractivity contribution in [2.24, 2.45) is 0 Å². The highest BCUT2D eigenvalue weighted by Crippen LogP contribution is 2.44. The quantitative estimate of drug-likeness (QED) is 0.0961. The fraction of sp³-hybridized carbons (Fsp3) is 0.293. The topological polar surface area (TPSA) is 78.5 Å². The lowest BCUT2D eigenvalue weighted by Crippen LogP contribution is -2.39. The number of carbonyl (C=O) groups is 1. The molecule has 2 aromatic heterocycles. The minimum atomic E-state index is -0.798. The molecule has 1 aliphatic rings. The SMILES string of the molecule is CCCCc1nc(Cl)c(C=O)n1Cc1ccc([C@@H]2CCCC[C@H]2c2nnn(C(c3ccccc3)(c3ccccc3)c3ccccc3)n2)cc1. The number of benzene rings is 4. The number of aromatic nitrogens is 6. The Balaban J connectivity index is 1.23. The second-order valence-electron chi connectivity index (χ2n) is 13.0. The number of halogens is 1. The van der Waals surface area contributed by atoms with E-state index in [0.717, 1.165) is 85.1 Å². The van der Waals surface area contributed by atoms with E-state index in [9.17, 15) is 4.79 Å². The summed E-state index contributed by atoms with van der Waals surface area (Å²) in [5.74, 6) is 2.05. The molecule has 2 atom stereocenters. The highest BCUT2D eigenvalue weighted by Gasteiger charge is 2.42. The fourth-order valence-corrected chi connectivity index (χ4v) is 7.83. The van der Waals surface area contributed by atoms with Gasteiger partial charge in [-0.05, 0) is 58.2 Å². The smallest absolute Gasteiger partial charge is 0.178 e. The standard InChI is InChI=1S/C41H41ClN6O/c1-2-3-23-38-43-39(42)37(29-49)47(38)28-30-24-26-31(27-25-30)35-21-13-14-22-36(35)40-44-46-48(45-40)41(32-15-7-4-8-16-32,33-17-9-5-10-18-33)34-19-11-6-12-20-34/h4-12,15-20,24-27,29,35-36H,2-3,13-14,21-23,28H2,1H3/t35-,36+/m0/s1. The number of hydrogen-bond acceptors (Lipinski definition) is 5. The molecule has 0 aliphatic heterocycles. The number of hydrogen-bond donors (Lipinski definition) is 0. The Kier molecular flexibility index (Phi) is 9.80. The van der Waals surface area contributed by atoms with E-state index >= 15 is 0 Å². The molecule has 7 rings (SSSR count). The van der Waals surface area contributed by atoms with Gasteiger partial charge in [0.2, 0.25) is 0 Å². The van der Waals surface area contributed by atoms with Gasteiger partial charge in [0.1, 0.15) is 11.5 Å². The molecule has 0 radical (unpaired) electrons. The molecule has 49 heavy (non-hydrogen) atoms. The van der Waals surface area contributed by atoms with Crippen molar-refractivity contribution in [2.45, 2.75) is 75.8 Å². The molecule has 8 heteroatoms. The number of imidazole rings is 1. The van der Waals surface area contributed by atoms with Crippen molar-refractivity contribution in [3.8, 4) is 0 Å². The number of rotatable bonds is 12. The van der Waals surface area contributed by atoms with Crippen LogP contribution in [-0.2, 0) is 18.5 Å². The van der Waals surface area contributed by atoms with Crippen LogP contribution in [0.1, 0.15) is 107 Å². The predicted molar refractivity (Wildman–Crippen MR) is 193 cm³/mol. The zero-order valence-corrected chi connectivity index (χ0v) is 28.6. The minimum Gasteiger partial charge on any atom is -0.320 e. The summed E-state index contributed by atoms with van der Waals surface area (Å²) in [6, 6.07) is 40.2. The van der Waals surface area contributed by atoms with Crippen LogP contribution in [0, 0.1) is 0 Å².